The smallest absolute Gasteiger partial charge is 0.387 e. The molecule has 0 aliphatic heterocycles. The third-order valence-electron chi connectivity index (χ3n) is 3.56. The molecule has 2 heterocycles. The number of nitrogens with two attached hydrogens (primary N) is 1. The van der Waals surface area contributed by atoms with Crippen LogP contribution < -0.4 is 26.4 Å². The molecule has 0 fully saturated rings. The van der Waals surface area contributed by atoms with E-state index in [9.17, 15) is 13.6 Å². The molecule has 8 nitrogen and oxygen atoms in total. The second kappa shape index (κ2) is 8.88. The van der Waals surface area contributed by atoms with Crippen LogP contribution in [0, 0.1) is 0 Å². The number of alkyl halides is 2. The third-order valence-corrected chi connectivity index (χ3v) is 4.75. The Morgan fingerprint density at radius 2 is 2.07 bits per heavy atom. The van der Waals surface area contributed by atoms with Crippen molar-refractivity contribution in [3.63, 3.8) is 0 Å². The first-order valence-electron chi connectivity index (χ1n) is 8.08. The number of rotatable bonds is 7. The Bertz CT molecular complexity index is 1030. The fourth-order valence-electron chi connectivity index (χ4n) is 2.30. The summed E-state index contributed by atoms with van der Waals surface area (Å²) in [5, 5.41) is 10.2. The summed E-state index contributed by atoms with van der Waals surface area (Å²) >= 11 is 7.40. The number of nitrogen functional groups attached to an aromatic ring is 1. The Morgan fingerprint density at radius 1 is 1.28 bits per heavy atom. The topological polar surface area (TPSA) is 114 Å². The SMILES string of the molecule is CNC(=O)c1sccc1Nc1nc(Nc2ccc(N)cc2OC(F)F)ncc1Cl. The number of halogens is 3. The quantitative estimate of drug-likeness (QED) is 0.406. The predicted molar refractivity (Wildman–Crippen MR) is 109 cm³/mol. The number of hydrogen-bond acceptors (Lipinski definition) is 8. The predicted octanol–water partition coefficient (Wildman–Crippen LogP) is 4.22. The van der Waals surface area contributed by atoms with Gasteiger partial charge < -0.3 is 26.4 Å². The molecule has 3 rings (SSSR count). The molecule has 5 N–H and O–H groups in total. The van der Waals surface area contributed by atoms with Gasteiger partial charge in [-0.1, -0.05) is 11.6 Å². The van der Waals surface area contributed by atoms with Gasteiger partial charge in [0.25, 0.3) is 5.91 Å². The van der Waals surface area contributed by atoms with E-state index in [0.29, 0.717) is 10.6 Å². The van der Waals surface area contributed by atoms with Crippen molar-refractivity contribution in [1.29, 1.82) is 0 Å². The summed E-state index contributed by atoms with van der Waals surface area (Å²) in [6.07, 6.45) is 1.33. The lowest BCUT2D eigenvalue weighted by molar-refractivity contribution is -0.0493. The minimum Gasteiger partial charge on any atom is -0.433 e. The number of carbonyl (C=O) groups is 1. The van der Waals surface area contributed by atoms with Gasteiger partial charge in [-0.05, 0) is 23.6 Å². The van der Waals surface area contributed by atoms with Crippen molar-refractivity contribution in [2.24, 2.45) is 0 Å². The molecule has 2 aromatic heterocycles. The summed E-state index contributed by atoms with van der Waals surface area (Å²) in [6, 6.07) is 5.93. The zero-order chi connectivity index (χ0) is 21.0. The molecule has 0 aliphatic carbocycles. The molecule has 0 spiro atoms. The number of hydrogen-bond donors (Lipinski definition) is 4. The minimum atomic E-state index is -3.03. The Morgan fingerprint density at radius 3 is 2.79 bits per heavy atom. The number of anilines is 5. The first-order chi connectivity index (χ1) is 13.9. The number of aromatic nitrogens is 2. The van der Waals surface area contributed by atoms with Crippen molar-refractivity contribution in [3.8, 4) is 5.75 Å². The summed E-state index contributed by atoms with van der Waals surface area (Å²) in [4.78, 5) is 20.7. The largest absolute Gasteiger partial charge is 0.433 e. The molecule has 0 bridgehead atoms. The fraction of sp³-hybridized carbons (Fsp3) is 0.118. The molecule has 29 heavy (non-hydrogen) atoms. The molecular formula is C17H15ClF2N6O2S. The van der Waals surface area contributed by atoms with Crippen LogP contribution in [0.3, 0.4) is 0 Å². The van der Waals surface area contributed by atoms with E-state index in [1.165, 1.54) is 42.8 Å². The van der Waals surface area contributed by atoms with Crippen LogP contribution in [-0.2, 0) is 0 Å². The molecule has 0 radical (unpaired) electrons. The van der Waals surface area contributed by atoms with Gasteiger partial charge in [0.15, 0.2) is 11.6 Å². The highest BCUT2D eigenvalue weighted by Gasteiger charge is 2.16. The Labute approximate surface area is 173 Å². The van der Waals surface area contributed by atoms with Gasteiger partial charge in [-0.25, -0.2) is 4.98 Å². The highest BCUT2D eigenvalue weighted by Crippen LogP contribution is 2.32. The van der Waals surface area contributed by atoms with Gasteiger partial charge in [0, 0.05) is 18.8 Å². The summed E-state index contributed by atoms with van der Waals surface area (Å²) in [7, 11) is 1.52. The van der Waals surface area contributed by atoms with Crippen molar-refractivity contribution in [3.05, 3.63) is 45.7 Å². The monoisotopic (exact) mass is 440 g/mol. The summed E-state index contributed by atoms with van der Waals surface area (Å²) < 4.78 is 29.8. The summed E-state index contributed by atoms with van der Waals surface area (Å²) in [5.41, 5.74) is 6.58. The summed E-state index contributed by atoms with van der Waals surface area (Å²) in [6.45, 7) is -3.03. The van der Waals surface area contributed by atoms with Crippen molar-refractivity contribution in [2.45, 2.75) is 6.61 Å². The van der Waals surface area contributed by atoms with Gasteiger partial charge in [-0.3, -0.25) is 4.79 Å². The van der Waals surface area contributed by atoms with Crippen LogP contribution >= 0.6 is 22.9 Å². The standard InChI is InChI=1S/C17H15ClF2N6O2S/c1-22-15(27)13-11(4-5-29-13)24-14-9(18)7-23-17(26-14)25-10-3-2-8(21)6-12(10)28-16(19)20/h2-7,16H,21H2,1H3,(H,22,27)(H2,23,24,25,26). The average Bonchev–Trinajstić information content (AvgIpc) is 3.13. The Balaban J connectivity index is 1.87. The van der Waals surface area contributed by atoms with Gasteiger partial charge in [-0.2, -0.15) is 13.8 Å². The number of benzene rings is 1. The van der Waals surface area contributed by atoms with E-state index < -0.39 is 6.61 Å². The van der Waals surface area contributed by atoms with Gasteiger partial charge in [0.2, 0.25) is 5.95 Å². The molecule has 0 aliphatic rings. The van der Waals surface area contributed by atoms with Crippen LogP contribution in [-0.4, -0.2) is 29.5 Å². The summed E-state index contributed by atoms with van der Waals surface area (Å²) in [5.74, 6) is -0.133. The lowest BCUT2D eigenvalue weighted by Crippen LogP contribution is -2.17. The number of amides is 1. The first kappa shape index (κ1) is 20.6. The van der Waals surface area contributed by atoms with E-state index in [1.807, 2.05) is 0 Å². The molecule has 152 valence electrons. The zero-order valence-electron chi connectivity index (χ0n) is 14.9. The molecule has 0 atom stereocenters. The van der Waals surface area contributed by atoms with Crippen LogP contribution in [0.25, 0.3) is 0 Å². The number of nitrogens with zero attached hydrogens (tertiary/aromatic N) is 2. The molecule has 0 unspecified atom stereocenters. The van der Waals surface area contributed by atoms with Crippen LogP contribution in [0.15, 0.2) is 35.8 Å². The highest BCUT2D eigenvalue weighted by molar-refractivity contribution is 7.12. The second-order valence-electron chi connectivity index (χ2n) is 5.52. The van der Waals surface area contributed by atoms with Crippen LogP contribution in [0.1, 0.15) is 9.67 Å². The normalized spacial score (nSPS) is 10.7. The fourth-order valence-corrected chi connectivity index (χ4v) is 3.23. The van der Waals surface area contributed by atoms with E-state index in [4.69, 9.17) is 17.3 Å². The van der Waals surface area contributed by atoms with E-state index in [0.717, 1.165) is 0 Å². The highest BCUT2D eigenvalue weighted by atomic mass is 35.5. The number of ether oxygens (including phenoxy) is 1. The molecule has 12 heteroatoms. The van der Waals surface area contributed by atoms with Gasteiger partial charge in [0.1, 0.15) is 9.90 Å². The maximum Gasteiger partial charge on any atom is 0.387 e. The van der Waals surface area contributed by atoms with E-state index in [2.05, 4.69) is 30.7 Å². The molecule has 0 saturated heterocycles. The number of thiophene rings is 1. The molecule has 3 aromatic rings. The number of nitrogens with one attached hydrogen (secondary N) is 3. The zero-order valence-corrected chi connectivity index (χ0v) is 16.4. The van der Waals surface area contributed by atoms with E-state index in [1.54, 1.807) is 11.4 Å². The molecule has 1 aromatic carbocycles. The van der Waals surface area contributed by atoms with Crippen molar-refractivity contribution >= 4 is 57.7 Å². The molecule has 0 saturated carbocycles. The van der Waals surface area contributed by atoms with E-state index >= 15 is 0 Å². The van der Waals surface area contributed by atoms with Crippen molar-refractivity contribution < 1.29 is 18.3 Å². The van der Waals surface area contributed by atoms with Gasteiger partial charge >= 0.3 is 6.61 Å². The molecule has 1 amide bonds. The lowest BCUT2D eigenvalue weighted by atomic mass is 10.2. The average molecular weight is 441 g/mol. The first-order valence-corrected chi connectivity index (χ1v) is 9.33. The molecular weight excluding hydrogens is 426 g/mol. The van der Waals surface area contributed by atoms with Crippen LogP contribution in [0.5, 0.6) is 5.75 Å². The number of carbonyl (C=O) groups excluding carboxylic acids is 1. The van der Waals surface area contributed by atoms with Crippen LogP contribution in [0.4, 0.5) is 37.6 Å². The minimum absolute atomic E-state index is 0.0671. The lowest BCUT2D eigenvalue weighted by Gasteiger charge is -2.14. The van der Waals surface area contributed by atoms with Crippen molar-refractivity contribution in [2.75, 3.05) is 23.4 Å². The van der Waals surface area contributed by atoms with Crippen LogP contribution in [0.2, 0.25) is 5.02 Å². The van der Waals surface area contributed by atoms with Gasteiger partial charge in [-0.15, -0.1) is 11.3 Å². The van der Waals surface area contributed by atoms with E-state index in [-0.39, 0.29) is 39.8 Å². The van der Waals surface area contributed by atoms with Gasteiger partial charge in [0.05, 0.1) is 17.6 Å². The third kappa shape index (κ3) is 5.00. The maximum absolute atomic E-state index is 12.7. The maximum atomic E-state index is 12.7. The Kier molecular flexibility index (Phi) is 6.29. The van der Waals surface area contributed by atoms with Crippen molar-refractivity contribution in [1.82, 2.24) is 15.3 Å². The second-order valence-corrected chi connectivity index (χ2v) is 6.84. The Hall–Kier alpha value is -3.18.